The second-order valence-corrected chi connectivity index (χ2v) is 8.73. The summed E-state index contributed by atoms with van der Waals surface area (Å²) in [5, 5.41) is 1.06. The highest BCUT2D eigenvalue weighted by Crippen LogP contribution is 2.40. The SMILES string of the molecule is COc1ccc2[nH]c3c(c2c1)CCN(C(=O)COCc1ccccc1)C3c1ccc(COC(C)=O)o1. The maximum Gasteiger partial charge on any atom is 0.303 e. The van der Waals surface area contributed by atoms with E-state index >= 15 is 0 Å². The Morgan fingerprint density at radius 3 is 2.69 bits per heavy atom. The topological polar surface area (TPSA) is 94.0 Å². The molecule has 1 N–H and O–H groups in total. The van der Waals surface area contributed by atoms with E-state index in [2.05, 4.69) is 4.98 Å². The predicted molar refractivity (Wildman–Crippen MR) is 132 cm³/mol. The number of methoxy groups -OCH3 is 1. The lowest BCUT2D eigenvalue weighted by atomic mass is 9.95. The first kappa shape index (κ1) is 23.7. The van der Waals surface area contributed by atoms with Crippen molar-refractivity contribution in [3.05, 3.63) is 89.0 Å². The zero-order valence-corrected chi connectivity index (χ0v) is 20.3. The third-order valence-corrected chi connectivity index (χ3v) is 6.36. The summed E-state index contributed by atoms with van der Waals surface area (Å²) >= 11 is 0. The fourth-order valence-electron chi connectivity index (χ4n) is 4.66. The van der Waals surface area contributed by atoms with Crippen LogP contribution in [0.15, 0.2) is 65.1 Å². The lowest BCUT2D eigenvalue weighted by molar-refractivity contribution is -0.142. The molecule has 36 heavy (non-hydrogen) atoms. The van der Waals surface area contributed by atoms with Gasteiger partial charge in [-0.3, -0.25) is 9.59 Å². The first-order valence-electron chi connectivity index (χ1n) is 11.8. The summed E-state index contributed by atoms with van der Waals surface area (Å²) in [6.07, 6.45) is 0.685. The highest BCUT2D eigenvalue weighted by Gasteiger charge is 2.36. The number of rotatable bonds is 8. The van der Waals surface area contributed by atoms with Crippen LogP contribution in [0.25, 0.3) is 10.9 Å². The van der Waals surface area contributed by atoms with Crippen LogP contribution in [0.3, 0.4) is 0 Å². The van der Waals surface area contributed by atoms with Gasteiger partial charge in [0.2, 0.25) is 5.91 Å². The van der Waals surface area contributed by atoms with Crippen LogP contribution in [-0.2, 0) is 38.7 Å². The van der Waals surface area contributed by atoms with Crippen molar-refractivity contribution < 1.29 is 28.2 Å². The number of benzene rings is 2. The van der Waals surface area contributed by atoms with Crippen molar-refractivity contribution in [3.8, 4) is 5.75 Å². The molecule has 3 heterocycles. The maximum absolute atomic E-state index is 13.4. The van der Waals surface area contributed by atoms with E-state index in [0.29, 0.717) is 31.1 Å². The van der Waals surface area contributed by atoms with E-state index in [-0.39, 0.29) is 25.1 Å². The molecule has 0 radical (unpaired) electrons. The molecule has 1 aliphatic rings. The van der Waals surface area contributed by atoms with E-state index in [0.717, 1.165) is 33.5 Å². The van der Waals surface area contributed by atoms with Crippen LogP contribution in [0.2, 0.25) is 0 Å². The summed E-state index contributed by atoms with van der Waals surface area (Å²) in [5.41, 5.74) is 4.00. The lowest BCUT2D eigenvalue weighted by Gasteiger charge is -2.34. The number of fused-ring (bicyclic) bond motifs is 3. The first-order chi connectivity index (χ1) is 17.5. The van der Waals surface area contributed by atoms with E-state index < -0.39 is 6.04 Å². The van der Waals surface area contributed by atoms with Gasteiger partial charge in [0.1, 0.15) is 36.5 Å². The number of hydrogen-bond donors (Lipinski definition) is 1. The van der Waals surface area contributed by atoms with Gasteiger partial charge in [0.05, 0.1) is 19.4 Å². The van der Waals surface area contributed by atoms with Crippen LogP contribution < -0.4 is 4.74 Å². The Kier molecular flexibility index (Phi) is 6.77. The standard InChI is InChI=1S/C28H28N2O6/c1-18(31)35-16-21-9-11-25(36-21)28-27-22(23-14-20(33-2)8-10-24(23)29-27)12-13-30(28)26(32)17-34-15-19-6-4-3-5-7-19/h3-11,14,28-29H,12-13,15-17H2,1-2H3. The Balaban J connectivity index is 1.44. The maximum atomic E-state index is 13.4. The number of amides is 1. The van der Waals surface area contributed by atoms with Gasteiger partial charge in [-0.15, -0.1) is 0 Å². The Morgan fingerprint density at radius 1 is 1.08 bits per heavy atom. The number of ether oxygens (including phenoxy) is 3. The van der Waals surface area contributed by atoms with E-state index in [9.17, 15) is 9.59 Å². The molecular weight excluding hydrogens is 460 g/mol. The van der Waals surface area contributed by atoms with Gasteiger partial charge in [-0.25, -0.2) is 0 Å². The van der Waals surface area contributed by atoms with Gasteiger partial charge in [-0.1, -0.05) is 30.3 Å². The van der Waals surface area contributed by atoms with Crippen molar-refractivity contribution in [1.82, 2.24) is 9.88 Å². The number of aromatic amines is 1. The van der Waals surface area contributed by atoms with Crippen LogP contribution in [0.5, 0.6) is 5.75 Å². The number of nitrogens with zero attached hydrogens (tertiary/aromatic N) is 1. The van der Waals surface area contributed by atoms with Gasteiger partial charge in [-0.2, -0.15) is 0 Å². The van der Waals surface area contributed by atoms with E-state index in [4.69, 9.17) is 18.6 Å². The molecule has 5 rings (SSSR count). The largest absolute Gasteiger partial charge is 0.497 e. The third kappa shape index (κ3) is 4.85. The molecule has 0 aliphatic carbocycles. The monoisotopic (exact) mass is 488 g/mol. The van der Waals surface area contributed by atoms with E-state index in [1.807, 2.05) is 54.6 Å². The molecule has 8 nitrogen and oxygen atoms in total. The van der Waals surface area contributed by atoms with Crippen LogP contribution in [0.1, 0.15) is 41.3 Å². The van der Waals surface area contributed by atoms with Crippen molar-refractivity contribution in [2.75, 3.05) is 20.3 Å². The Labute approximate surface area is 208 Å². The van der Waals surface area contributed by atoms with Gasteiger partial charge in [0, 0.05) is 24.4 Å². The fourth-order valence-corrected chi connectivity index (χ4v) is 4.66. The van der Waals surface area contributed by atoms with Crippen molar-refractivity contribution in [3.63, 3.8) is 0 Å². The van der Waals surface area contributed by atoms with Gasteiger partial charge in [0.25, 0.3) is 0 Å². The summed E-state index contributed by atoms with van der Waals surface area (Å²) in [5.74, 6) is 1.36. The molecular formula is C28H28N2O6. The smallest absolute Gasteiger partial charge is 0.303 e. The predicted octanol–water partition coefficient (Wildman–Crippen LogP) is 4.52. The molecule has 8 heteroatoms. The molecule has 2 aromatic carbocycles. The summed E-state index contributed by atoms with van der Waals surface area (Å²) in [4.78, 5) is 29.9. The number of hydrogen-bond acceptors (Lipinski definition) is 6. The molecule has 4 aromatic rings. The molecule has 0 spiro atoms. The Morgan fingerprint density at radius 2 is 1.92 bits per heavy atom. The minimum absolute atomic E-state index is 0.0347. The quantitative estimate of drug-likeness (QED) is 0.367. The van der Waals surface area contributed by atoms with E-state index in [1.54, 1.807) is 18.1 Å². The summed E-state index contributed by atoms with van der Waals surface area (Å²) in [6, 6.07) is 18.8. The number of carbonyl (C=O) groups excluding carboxylic acids is 2. The molecule has 1 amide bonds. The molecule has 1 atom stereocenters. The second-order valence-electron chi connectivity index (χ2n) is 8.73. The zero-order chi connectivity index (χ0) is 25.1. The highest BCUT2D eigenvalue weighted by atomic mass is 16.5. The number of furan rings is 1. The second kappa shape index (κ2) is 10.3. The van der Waals surface area contributed by atoms with Gasteiger partial charge in [-0.05, 0) is 47.9 Å². The fraction of sp³-hybridized carbons (Fsp3) is 0.286. The van der Waals surface area contributed by atoms with Crippen LogP contribution in [0, 0.1) is 0 Å². The minimum atomic E-state index is -0.467. The molecule has 0 saturated heterocycles. The van der Waals surface area contributed by atoms with Crippen LogP contribution >= 0.6 is 0 Å². The van der Waals surface area contributed by atoms with Crippen molar-refractivity contribution in [2.45, 2.75) is 32.6 Å². The normalized spacial score (nSPS) is 15.1. The summed E-state index contributed by atoms with van der Waals surface area (Å²) in [7, 11) is 1.65. The van der Waals surface area contributed by atoms with Crippen LogP contribution in [-0.4, -0.2) is 42.0 Å². The highest BCUT2D eigenvalue weighted by molar-refractivity contribution is 5.88. The van der Waals surface area contributed by atoms with Gasteiger partial charge < -0.3 is 28.5 Å². The molecule has 186 valence electrons. The molecule has 0 fully saturated rings. The average Bonchev–Trinajstić information content (AvgIpc) is 3.51. The zero-order valence-electron chi connectivity index (χ0n) is 20.3. The van der Waals surface area contributed by atoms with Crippen LogP contribution in [0.4, 0.5) is 0 Å². The van der Waals surface area contributed by atoms with E-state index in [1.165, 1.54) is 6.92 Å². The number of esters is 1. The lowest BCUT2D eigenvalue weighted by Crippen LogP contribution is -2.42. The van der Waals surface area contributed by atoms with Crippen molar-refractivity contribution in [2.24, 2.45) is 0 Å². The number of aromatic nitrogens is 1. The van der Waals surface area contributed by atoms with Crippen molar-refractivity contribution in [1.29, 1.82) is 0 Å². The molecule has 0 saturated carbocycles. The number of nitrogens with one attached hydrogen (secondary N) is 1. The molecule has 0 bridgehead atoms. The molecule has 1 aliphatic heterocycles. The summed E-state index contributed by atoms with van der Waals surface area (Å²) in [6.45, 7) is 2.21. The Bertz CT molecular complexity index is 1370. The minimum Gasteiger partial charge on any atom is -0.497 e. The third-order valence-electron chi connectivity index (χ3n) is 6.36. The average molecular weight is 489 g/mol. The number of carbonyl (C=O) groups is 2. The Hall–Kier alpha value is -4.04. The molecule has 2 aromatic heterocycles. The van der Waals surface area contributed by atoms with Crippen molar-refractivity contribution >= 4 is 22.8 Å². The van der Waals surface area contributed by atoms with Gasteiger partial charge in [0.15, 0.2) is 0 Å². The number of H-pyrrole nitrogens is 1. The first-order valence-corrected chi connectivity index (χ1v) is 11.8. The summed E-state index contributed by atoms with van der Waals surface area (Å²) < 4.78 is 22.3. The molecule has 1 unspecified atom stereocenters. The van der Waals surface area contributed by atoms with Gasteiger partial charge >= 0.3 is 5.97 Å².